The fourth-order valence-electron chi connectivity index (χ4n) is 12.9. The summed E-state index contributed by atoms with van der Waals surface area (Å²) >= 11 is 7.97. The summed E-state index contributed by atoms with van der Waals surface area (Å²) in [4.78, 5) is 28.4. The summed E-state index contributed by atoms with van der Waals surface area (Å²) in [5.74, 6) is 0. The molecule has 0 aliphatic heterocycles. The first-order valence-electron chi connectivity index (χ1n) is 28.4. The van der Waals surface area contributed by atoms with E-state index < -0.39 is 5.41 Å². The predicted octanol–water partition coefficient (Wildman–Crippen LogP) is 21.4. The molecule has 0 radical (unpaired) electrons. The Balaban J connectivity index is 1.16. The van der Waals surface area contributed by atoms with Crippen LogP contribution in [0.1, 0.15) is 159 Å². The lowest BCUT2D eigenvalue weighted by atomic mass is 9.66. The van der Waals surface area contributed by atoms with Crippen LogP contribution in [0, 0.1) is 0 Å². The normalized spacial score (nSPS) is 13.7. The summed E-state index contributed by atoms with van der Waals surface area (Å²) in [6, 6.07) is 71.1. The van der Waals surface area contributed by atoms with Gasteiger partial charge < -0.3 is 9.80 Å². The van der Waals surface area contributed by atoms with E-state index in [2.05, 4.69) is 243 Å². The number of fused-ring (bicyclic) bond motifs is 6. The van der Waals surface area contributed by atoms with E-state index in [0.29, 0.717) is 11.1 Å². The van der Waals surface area contributed by atoms with Crippen LogP contribution in [0.5, 0.6) is 0 Å². The average molecular weight is 1180 g/mol. The number of hydrogen-bond donors (Lipinski definition) is 0. The Bertz CT molecular complexity index is 3570. The summed E-state index contributed by atoms with van der Waals surface area (Å²) in [7, 11) is 0. The number of carbonyl (C=O) groups is 2. The fourth-order valence-corrected chi connectivity index (χ4v) is 13.6. The number of hydrogen-bond acceptors (Lipinski definition) is 4. The largest absolute Gasteiger partial charge is 0.311 e. The molecule has 2 aliphatic carbocycles. The van der Waals surface area contributed by atoms with E-state index in [0.717, 1.165) is 105 Å². The molecule has 0 saturated heterocycles. The minimum Gasteiger partial charge on any atom is -0.311 e. The molecular formula is C74H70Br2N2O2. The number of aldehydes is 2. The Kier molecular flexibility index (Phi) is 14.9. The lowest BCUT2D eigenvalue weighted by Crippen LogP contribution is -2.29. The number of anilines is 6. The molecule has 9 aromatic rings. The van der Waals surface area contributed by atoms with E-state index in [1.54, 1.807) is 0 Å². The van der Waals surface area contributed by atoms with Crippen molar-refractivity contribution in [2.75, 3.05) is 9.80 Å². The van der Waals surface area contributed by atoms with Crippen molar-refractivity contribution in [3.63, 3.8) is 0 Å². The zero-order valence-corrected chi connectivity index (χ0v) is 50.5. The standard InChI is InChI=1S/C74H70Br2N2O2/c1-9-11-41-73(42-12-10-2)67-43-55(75)25-39-63(67)65-46-70-66(45-68(65)73)64-40-26-56(76)44-69(64)74(70,53-21-35-61(36-22-53)77(57-27-13-49(47-79)14-28-57)59-31-17-51(18-32-59)71(3,4)5)54-23-37-62(38-24-54)78(58-29-15-50(48-80)16-30-58)60-33-19-52(20-34-60)72(6,7)8/h13-40,43-48H,9-12,41-42H2,1-8H3. The number of benzene rings is 9. The molecule has 0 amide bonds. The minimum atomic E-state index is -0.760. The highest BCUT2D eigenvalue weighted by atomic mass is 79.9. The van der Waals surface area contributed by atoms with Gasteiger partial charge in [0.15, 0.2) is 0 Å². The van der Waals surface area contributed by atoms with Crippen LogP contribution in [-0.2, 0) is 21.7 Å². The van der Waals surface area contributed by atoms with E-state index in [1.165, 1.54) is 55.6 Å². The molecule has 0 atom stereocenters. The van der Waals surface area contributed by atoms with Gasteiger partial charge in [0.2, 0.25) is 0 Å². The summed E-state index contributed by atoms with van der Waals surface area (Å²) < 4.78 is 2.15. The fraction of sp³-hybridized carbons (Fsp3) is 0.243. The molecule has 0 unspecified atom stereocenters. The lowest BCUT2D eigenvalue weighted by Gasteiger charge is -2.36. The molecule has 0 aromatic heterocycles. The van der Waals surface area contributed by atoms with Gasteiger partial charge in [-0.05, 0) is 224 Å². The van der Waals surface area contributed by atoms with Gasteiger partial charge in [-0.3, -0.25) is 9.59 Å². The molecule has 0 fully saturated rings. The van der Waals surface area contributed by atoms with Gasteiger partial charge in [-0.25, -0.2) is 0 Å². The summed E-state index contributed by atoms with van der Waals surface area (Å²) in [6.07, 6.45) is 8.57. The maximum atomic E-state index is 11.9. The molecule has 0 bridgehead atoms. The van der Waals surface area contributed by atoms with Crippen molar-refractivity contribution < 1.29 is 9.59 Å². The van der Waals surface area contributed by atoms with Crippen LogP contribution >= 0.6 is 31.9 Å². The Morgan fingerprint density at radius 2 is 0.700 bits per heavy atom. The van der Waals surface area contributed by atoms with E-state index in [9.17, 15) is 9.59 Å². The Labute approximate surface area is 491 Å². The second-order valence-corrected chi connectivity index (χ2v) is 26.0. The van der Waals surface area contributed by atoms with Crippen LogP contribution in [0.15, 0.2) is 203 Å². The van der Waals surface area contributed by atoms with Crippen LogP contribution in [0.3, 0.4) is 0 Å². The zero-order valence-electron chi connectivity index (χ0n) is 47.3. The molecule has 6 heteroatoms. The molecule has 0 heterocycles. The monoisotopic (exact) mass is 1180 g/mol. The van der Waals surface area contributed by atoms with Crippen LogP contribution in [0.2, 0.25) is 0 Å². The maximum absolute atomic E-state index is 11.9. The highest BCUT2D eigenvalue weighted by Crippen LogP contribution is 2.62. The number of halogens is 2. The van der Waals surface area contributed by atoms with Crippen molar-refractivity contribution in [2.24, 2.45) is 0 Å². The average Bonchev–Trinajstić information content (AvgIpc) is 4.14. The summed E-state index contributed by atoms with van der Waals surface area (Å²) in [6.45, 7) is 18.1. The highest BCUT2D eigenvalue weighted by molar-refractivity contribution is 9.10. The van der Waals surface area contributed by atoms with Crippen molar-refractivity contribution in [3.05, 3.63) is 259 Å². The van der Waals surface area contributed by atoms with E-state index in [-0.39, 0.29) is 16.2 Å². The van der Waals surface area contributed by atoms with Crippen molar-refractivity contribution in [1.29, 1.82) is 0 Å². The number of nitrogens with zero attached hydrogens (tertiary/aromatic N) is 2. The maximum Gasteiger partial charge on any atom is 0.150 e. The molecule has 9 aromatic carbocycles. The summed E-state index contributed by atoms with van der Waals surface area (Å²) in [5, 5.41) is 0. The second kappa shape index (κ2) is 21.7. The first-order valence-corrected chi connectivity index (χ1v) is 30.0. The molecule has 80 heavy (non-hydrogen) atoms. The molecule has 402 valence electrons. The summed E-state index contributed by atoms with van der Waals surface area (Å²) in [5.41, 5.74) is 21.8. The molecule has 0 N–H and O–H groups in total. The van der Waals surface area contributed by atoms with E-state index >= 15 is 0 Å². The third-order valence-corrected chi connectivity index (χ3v) is 18.1. The van der Waals surface area contributed by atoms with Gasteiger partial charge in [-0.15, -0.1) is 0 Å². The van der Waals surface area contributed by atoms with Gasteiger partial charge in [0.05, 0.1) is 5.41 Å². The SMILES string of the molecule is CCCCC1(CCCC)c2cc(Br)ccc2-c2cc3c(cc21)-c1ccc(Br)cc1C3(c1ccc(N(c2ccc(C=O)cc2)c2ccc(C(C)(C)C)cc2)cc1)c1ccc(N(c2ccc(C=O)cc2)c2ccc(C(C)(C)C)cc2)cc1. The third-order valence-electron chi connectivity index (χ3n) is 17.1. The molecule has 2 aliphatic rings. The molecule has 0 saturated carbocycles. The smallest absolute Gasteiger partial charge is 0.150 e. The van der Waals surface area contributed by atoms with E-state index in [1.807, 2.05) is 48.5 Å². The number of unbranched alkanes of at least 4 members (excludes halogenated alkanes) is 2. The Morgan fingerprint density at radius 1 is 0.388 bits per heavy atom. The Hall–Kier alpha value is -7.12. The predicted molar refractivity (Wildman–Crippen MR) is 342 cm³/mol. The topological polar surface area (TPSA) is 40.6 Å². The number of rotatable bonds is 16. The van der Waals surface area contributed by atoms with Gasteiger partial charge in [0.1, 0.15) is 12.6 Å². The van der Waals surface area contributed by atoms with Crippen molar-refractivity contribution in [3.8, 4) is 22.3 Å². The van der Waals surface area contributed by atoms with Gasteiger partial charge in [0.25, 0.3) is 0 Å². The van der Waals surface area contributed by atoms with Gasteiger partial charge in [-0.2, -0.15) is 0 Å². The van der Waals surface area contributed by atoms with Crippen LogP contribution in [-0.4, -0.2) is 12.6 Å². The minimum absolute atomic E-state index is 0.00373. The first-order chi connectivity index (χ1) is 38.5. The van der Waals surface area contributed by atoms with Crippen molar-refractivity contribution in [2.45, 2.75) is 116 Å². The zero-order chi connectivity index (χ0) is 56.1. The number of carbonyl (C=O) groups excluding carboxylic acids is 2. The highest BCUT2D eigenvalue weighted by Gasteiger charge is 2.50. The van der Waals surface area contributed by atoms with Crippen LogP contribution in [0.4, 0.5) is 34.1 Å². The molecule has 0 spiro atoms. The van der Waals surface area contributed by atoms with Gasteiger partial charge in [0, 0.05) is 59.6 Å². The molecule has 4 nitrogen and oxygen atoms in total. The molecule has 11 rings (SSSR count). The van der Waals surface area contributed by atoms with E-state index in [4.69, 9.17) is 0 Å². The second-order valence-electron chi connectivity index (χ2n) is 24.1. The quantitative estimate of drug-likeness (QED) is 0.0904. The van der Waals surface area contributed by atoms with Gasteiger partial charge in [-0.1, -0.05) is 174 Å². The Morgan fingerprint density at radius 3 is 1.07 bits per heavy atom. The lowest BCUT2D eigenvalue weighted by molar-refractivity contribution is 0.111. The first kappa shape index (κ1) is 54.8. The van der Waals surface area contributed by atoms with Crippen LogP contribution < -0.4 is 9.80 Å². The van der Waals surface area contributed by atoms with Gasteiger partial charge >= 0.3 is 0 Å². The van der Waals surface area contributed by atoms with Crippen LogP contribution in [0.25, 0.3) is 22.3 Å². The molecular weight excluding hydrogens is 1110 g/mol. The third kappa shape index (κ3) is 9.70. The van der Waals surface area contributed by atoms with Crippen molar-refractivity contribution in [1.82, 2.24) is 0 Å². The van der Waals surface area contributed by atoms with Crippen molar-refractivity contribution >= 4 is 78.6 Å².